The van der Waals surface area contributed by atoms with Crippen LogP contribution in [0.1, 0.15) is 13.8 Å². The van der Waals surface area contributed by atoms with Crippen LogP contribution in [-0.2, 0) is 19.6 Å². The van der Waals surface area contributed by atoms with E-state index in [1.165, 1.54) is 14.0 Å². The number of hydrogen-bond acceptors (Lipinski definition) is 4. The summed E-state index contributed by atoms with van der Waals surface area (Å²) in [5.41, 5.74) is 0.296. The molecule has 0 aromatic rings. The average molecular weight is 235 g/mol. The standard InChI is InChI=1S/C9H17NO4S/c1-7(2)9(11)14-6-8(3)10(4)15(5,12)13/h8H,1,6H2,2-5H3. The van der Waals surface area contributed by atoms with Crippen LogP contribution < -0.4 is 0 Å². The van der Waals surface area contributed by atoms with Crippen molar-refractivity contribution in [2.45, 2.75) is 19.9 Å². The molecule has 0 radical (unpaired) electrons. The van der Waals surface area contributed by atoms with Gasteiger partial charge < -0.3 is 4.74 Å². The third kappa shape index (κ3) is 4.94. The molecule has 0 rings (SSSR count). The highest BCUT2D eigenvalue weighted by molar-refractivity contribution is 7.88. The van der Waals surface area contributed by atoms with Gasteiger partial charge in [-0.15, -0.1) is 0 Å². The zero-order valence-corrected chi connectivity index (χ0v) is 10.3. The summed E-state index contributed by atoms with van der Waals surface area (Å²) in [4.78, 5) is 11.0. The summed E-state index contributed by atoms with van der Waals surface area (Å²) in [6.45, 7) is 6.64. The molecule has 1 atom stereocenters. The van der Waals surface area contributed by atoms with Gasteiger partial charge in [0.1, 0.15) is 6.61 Å². The summed E-state index contributed by atoms with van der Waals surface area (Å²) in [7, 11) is -1.81. The van der Waals surface area contributed by atoms with Crippen molar-refractivity contribution < 1.29 is 17.9 Å². The molecule has 0 aromatic heterocycles. The van der Waals surface area contributed by atoms with Crippen molar-refractivity contribution in [2.24, 2.45) is 0 Å². The Morgan fingerprint density at radius 2 is 2.00 bits per heavy atom. The Labute approximate surface area is 90.8 Å². The summed E-state index contributed by atoms with van der Waals surface area (Å²) in [5, 5.41) is 0. The van der Waals surface area contributed by atoms with E-state index in [0.717, 1.165) is 10.6 Å². The van der Waals surface area contributed by atoms with Gasteiger partial charge in [0.05, 0.1) is 12.3 Å². The second-order valence-corrected chi connectivity index (χ2v) is 5.55. The molecule has 0 fully saturated rings. The fraction of sp³-hybridized carbons (Fsp3) is 0.667. The van der Waals surface area contributed by atoms with Crippen LogP contribution in [0.5, 0.6) is 0 Å². The van der Waals surface area contributed by atoms with Crippen molar-refractivity contribution >= 4 is 16.0 Å². The van der Waals surface area contributed by atoms with Crippen LogP contribution in [0.15, 0.2) is 12.2 Å². The molecule has 0 aromatic carbocycles. The lowest BCUT2D eigenvalue weighted by molar-refractivity contribution is -0.140. The molecule has 0 spiro atoms. The maximum Gasteiger partial charge on any atom is 0.333 e. The van der Waals surface area contributed by atoms with E-state index in [1.54, 1.807) is 6.92 Å². The molecule has 88 valence electrons. The van der Waals surface area contributed by atoms with Crippen molar-refractivity contribution in [3.63, 3.8) is 0 Å². The fourth-order valence-electron chi connectivity index (χ4n) is 0.751. The predicted octanol–water partition coefficient (Wildman–Crippen LogP) is 0.386. The van der Waals surface area contributed by atoms with E-state index < -0.39 is 16.0 Å². The van der Waals surface area contributed by atoms with Gasteiger partial charge in [-0.05, 0) is 13.8 Å². The maximum atomic E-state index is 11.1. The second-order valence-electron chi connectivity index (χ2n) is 3.51. The molecule has 6 heteroatoms. The van der Waals surface area contributed by atoms with E-state index in [9.17, 15) is 13.2 Å². The summed E-state index contributed by atoms with van der Waals surface area (Å²) >= 11 is 0. The van der Waals surface area contributed by atoms with Crippen LogP contribution in [-0.4, -0.2) is 44.6 Å². The zero-order valence-electron chi connectivity index (χ0n) is 9.48. The highest BCUT2D eigenvalue weighted by Crippen LogP contribution is 2.03. The van der Waals surface area contributed by atoms with Gasteiger partial charge in [-0.3, -0.25) is 0 Å². The Balaban J connectivity index is 4.22. The normalized spacial score (nSPS) is 13.7. The van der Waals surface area contributed by atoms with Crippen LogP contribution >= 0.6 is 0 Å². The number of carbonyl (C=O) groups excluding carboxylic acids is 1. The minimum atomic E-state index is -3.25. The van der Waals surface area contributed by atoms with E-state index in [4.69, 9.17) is 4.74 Å². The quantitative estimate of drug-likeness (QED) is 0.510. The van der Waals surface area contributed by atoms with Crippen LogP contribution in [0.25, 0.3) is 0 Å². The average Bonchev–Trinajstić information content (AvgIpc) is 2.10. The van der Waals surface area contributed by atoms with Gasteiger partial charge in [-0.2, -0.15) is 4.31 Å². The van der Waals surface area contributed by atoms with E-state index in [2.05, 4.69) is 6.58 Å². The Hall–Kier alpha value is -0.880. The molecule has 0 heterocycles. The number of likely N-dealkylation sites (N-methyl/N-ethyl adjacent to an activating group) is 1. The van der Waals surface area contributed by atoms with E-state index in [-0.39, 0.29) is 12.6 Å². The number of nitrogens with zero attached hydrogens (tertiary/aromatic N) is 1. The lowest BCUT2D eigenvalue weighted by atomic mass is 10.3. The topological polar surface area (TPSA) is 63.7 Å². The van der Waals surface area contributed by atoms with Crippen molar-refractivity contribution in [2.75, 3.05) is 19.9 Å². The first-order chi connectivity index (χ1) is 6.66. The molecule has 15 heavy (non-hydrogen) atoms. The van der Waals surface area contributed by atoms with Gasteiger partial charge in [0.25, 0.3) is 0 Å². The van der Waals surface area contributed by atoms with Gasteiger partial charge in [0, 0.05) is 12.6 Å². The Morgan fingerprint density at radius 3 is 2.33 bits per heavy atom. The van der Waals surface area contributed by atoms with Gasteiger partial charge in [-0.1, -0.05) is 6.58 Å². The highest BCUT2D eigenvalue weighted by atomic mass is 32.2. The van der Waals surface area contributed by atoms with Gasteiger partial charge in [0.15, 0.2) is 0 Å². The molecule has 0 saturated carbocycles. The third-order valence-corrected chi connectivity index (χ3v) is 3.35. The predicted molar refractivity (Wildman–Crippen MR) is 57.8 cm³/mol. The molecule has 0 aliphatic heterocycles. The van der Waals surface area contributed by atoms with Crippen LogP contribution in [0, 0.1) is 0 Å². The van der Waals surface area contributed by atoms with Crippen molar-refractivity contribution in [1.82, 2.24) is 4.31 Å². The molecule has 5 nitrogen and oxygen atoms in total. The summed E-state index contributed by atoms with van der Waals surface area (Å²) in [5.74, 6) is -0.510. The molecule has 0 bridgehead atoms. The van der Waals surface area contributed by atoms with Crippen molar-refractivity contribution in [3.05, 3.63) is 12.2 Å². The number of sulfonamides is 1. The Morgan fingerprint density at radius 1 is 1.53 bits per heavy atom. The molecule has 0 amide bonds. The second kappa shape index (κ2) is 5.27. The largest absolute Gasteiger partial charge is 0.461 e. The highest BCUT2D eigenvalue weighted by Gasteiger charge is 2.19. The molecule has 0 N–H and O–H groups in total. The number of ether oxygens (including phenoxy) is 1. The van der Waals surface area contributed by atoms with E-state index >= 15 is 0 Å². The molecule has 0 aliphatic carbocycles. The van der Waals surface area contributed by atoms with Crippen LogP contribution in [0.4, 0.5) is 0 Å². The SMILES string of the molecule is C=C(C)C(=O)OCC(C)N(C)S(C)(=O)=O. The number of rotatable bonds is 5. The first-order valence-electron chi connectivity index (χ1n) is 4.42. The van der Waals surface area contributed by atoms with Crippen molar-refractivity contribution in [1.29, 1.82) is 0 Å². The zero-order chi connectivity index (χ0) is 12.2. The molecular weight excluding hydrogens is 218 g/mol. The Bertz CT molecular complexity index is 347. The number of hydrogen-bond donors (Lipinski definition) is 0. The summed E-state index contributed by atoms with van der Waals surface area (Å²) in [6, 6.07) is -0.386. The Kier molecular flexibility index (Phi) is 4.96. The number of carbonyl (C=O) groups is 1. The lowest BCUT2D eigenvalue weighted by Gasteiger charge is -2.21. The van der Waals surface area contributed by atoms with Crippen LogP contribution in [0.3, 0.4) is 0 Å². The van der Waals surface area contributed by atoms with Gasteiger partial charge in [0.2, 0.25) is 10.0 Å². The first kappa shape index (κ1) is 14.1. The maximum absolute atomic E-state index is 11.1. The fourth-order valence-corrected chi connectivity index (χ4v) is 1.47. The lowest BCUT2D eigenvalue weighted by Crippen LogP contribution is -2.37. The van der Waals surface area contributed by atoms with Gasteiger partial charge >= 0.3 is 5.97 Å². The van der Waals surface area contributed by atoms with E-state index in [1.807, 2.05) is 0 Å². The van der Waals surface area contributed by atoms with E-state index in [0.29, 0.717) is 5.57 Å². The molecule has 1 unspecified atom stereocenters. The minimum absolute atomic E-state index is 0.0231. The summed E-state index contributed by atoms with van der Waals surface area (Å²) < 4.78 is 28.2. The third-order valence-electron chi connectivity index (χ3n) is 1.95. The molecule has 0 aliphatic rings. The molecule has 0 saturated heterocycles. The first-order valence-corrected chi connectivity index (χ1v) is 6.26. The van der Waals surface area contributed by atoms with Crippen molar-refractivity contribution in [3.8, 4) is 0 Å². The molecular formula is C9H17NO4S. The monoisotopic (exact) mass is 235 g/mol. The van der Waals surface area contributed by atoms with Gasteiger partial charge in [-0.25, -0.2) is 13.2 Å². The smallest absolute Gasteiger partial charge is 0.333 e. The minimum Gasteiger partial charge on any atom is -0.461 e. The summed E-state index contributed by atoms with van der Waals surface area (Å²) in [6.07, 6.45) is 1.10. The van der Waals surface area contributed by atoms with Crippen LogP contribution in [0.2, 0.25) is 0 Å². The number of esters is 1.